The molecule has 6 heteroatoms. The maximum Gasteiger partial charge on any atom is 0.349 e. The van der Waals surface area contributed by atoms with Crippen molar-refractivity contribution in [3.8, 4) is 0 Å². The minimum Gasteiger partial charge on any atom is -0.422 e. The summed E-state index contributed by atoms with van der Waals surface area (Å²) in [5.74, 6) is -0.595. The number of carbonyl (C=O) groups excluding carboxylic acids is 1. The van der Waals surface area contributed by atoms with Crippen molar-refractivity contribution in [3.63, 3.8) is 0 Å². The second-order valence-corrected chi connectivity index (χ2v) is 7.64. The molecule has 0 bridgehead atoms. The lowest BCUT2D eigenvalue weighted by Crippen LogP contribution is -2.19. The van der Waals surface area contributed by atoms with Gasteiger partial charge in [0.1, 0.15) is 11.1 Å². The van der Waals surface area contributed by atoms with Gasteiger partial charge >= 0.3 is 5.63 Å². The van der Waals surface area contributed by atoms with E-state index in [1.807, 2.05) is 35.8 Å². The summed E-state index contributed by atoms with van der Waals surface area (Å²) < 4.78 is 8.35. The van der Waals surface area contributed by atoms with Crippen molar-refractivity contribution in [2.45, 2.75) is 13.5 Å². The van der Waals surface area contributed by atoms with Gasteiger partial charge in [-0.25, -0.2) is 4.79 Å². The molecule has 142 valence electrons. The second kappa shape index (κ2) is 6.83. The van der Waals surface area contributed by atoms with Crippen molar-refractivity contribution in [1.82, 2.24) is 4.57 Å². The first kappa shape index (κ1) is 17.6. The highest BCUT2D eigenvalue weighted by Crippen LogP contribution is 2.27. The molecule has 0 aliphatic rings. The highest BCUT2D eigenvalue weighted by atomic mass is 32.1. The largest absolute Gasteiger partial charge is 0.422 e. The van der Waals surface area contributed by atoms with E-state index in [4.69, 9.17) is 4.42 Å². The molecule has 1 amide bonds. The lowest BCUT2D eigenvalue weighted by molar-refractivity contribution is 0.0994. The number of carbonyl (C=O) groups is 1. The van der Waals surface area contributed by atoms with Crippen LogP contribution in [0.2, 0.25) is 0 Å². The van der Waals surface area contributed by atoms with Crippen LogP contribution in [0.1, 0.15) is 17.3 Å². The van der Waals surface area contributed by atoms with Crippen LogP contribution in [0.15, 0.2) is 80.9 Å². The lowest BCUT2D eigenvalue weighted by Gasteiger charge is -2.02. The van der Waals surface area contributed by atoms with E-state index in [1.54, 1.807) is 24.3 Å². The molecule has 0 atom stereocenters. The van der Waals surface area contributed by atoms with Gasteiger partial charge in [0.2, 0.25) is 0 Å². The Morgan fingerprint density at radius 1 is 1.03 bits per heavy atom. The van der Waals surface area contributed by atoms with E-state index in [0.717, 1.165) is 21.0 Å². The monoisotopic (exact) mass is 400 g/mol. The summed E-state index contributed by atoms with van der Waals surface area (Å²) in [4.78, 5) is 30.0. The van der Waals surface area contributed by atoms with Gasteiger partial charge in [0.15, 0.2) is 4.80 Å². The van der Waals surface area contributed by atoms with E-state index < -0.39 is 11.5 Å². The molecule has 0 spiro atoms. The van der Waals surface area contributed by atoms with Crippen molar-refractivity contribution in [1.29, 1.82) is 0 Å². The maximum atomic E-state index is 12.9. The molecular weight excluding hydrogens is 384 g/mol. The van der Waals surface area contributed by atoms with Crippen molar-refractivity contribution in [2.75, 3.05) is 0 Å². The van der Waals surface area contributed by atoms with E-state index in [9.17, 15) is 9.59 Å². The van der Waals surface area contributed by atoms with Crippen LogP contribution in [0.5, 0.6) is 0 Å². The Morgan fingerprint density at radius 2 is 1.79 bits per heavy atom. The van der Waals surface area contributed by atoms with E-state index in [2.05, 4.69) is 23.2 Å². The standard InChI is InChI=1S/C23H16N2O3S/c1-2-25-18-12-11-14-7-3-5-9-16(14)20(18)29-23(25)24-21(26)17-13-15-8-4-6-10-19(15)28-22(17)27/h3-13H,2H2,1H3. The summed E-state index contributed by atoms with van der Waals surface area (Å²) >= 11 is 1.45. The number of para-hydroxylation sites is 1. The molecule has 5 rings (SSSR count). The van der Waals surface area contributed by atoms with Gasteiger partial charge in [-0.2, -0.15) is 4.99 Å². The topological polar surface area (TPSA) is 64.6 Å². The van der Waals surface area contributed by atoms with Gasteiger partial charge in [-0.1, -0.05) is 59.9 Å². The number of amides is 1. The number of nitrogens with zero attached hydrogens (tertiary/aromatic N) is 2. The Hall–Kier alpha value is -3.51. The number of aryl methyl sites for hydroxylation is 1. The molecule has 0 aliphatic heterocycles. The third-order valence-electron chi connectivity index (χ3n) is 4.96. The quantitative estimate of drug-likeness (QED) is 0.403. The highest BCUT2D eigenvalue weighted by molar-refractivity contribution is 7.17. The summed E-state index contributed by atoms with van der Waals surface area (Å²) in [5.41, 5.74) is 0.736. The molecule has 0 N–H and O–H groups in total. The minimum atomic E-state index is -0.674. The fourth-order valence-electron chi connectivity index (χ4n) is 3.55. The second-order valence-electron chi connectivity index (χ2n) is 6.67. The maximum absolute atomic E-state index is 12.9. The molecule has 2 heterocycles. The van der Waals surface area contributed by atoms with Gasteiger partial charge in [-0.05, 0) is 30.5 Å². The SMILES string of the molecule is CCn1c(=NC(=O)c2cc3ccccc3oc2=O)sc2c3ccccc3ccc21. The molecule has 0 radical (unpaired) electrons. The van der Waals surface area contributed by atoms with Gasteiger partial charge in [-0.15, -0.1) is 0 Å². The average molecular weight is 400 g/mol. The number of hydrogen-bond donors (Lipinski definition) is 0. The van der Waals surface area contributed by atoms with Gasteiger partial charge in [0.05, 0.1) is 10.2 Å². The smallest absolute Gasteiger partial charge is 0.349 e. The molecule has 0 unspecified atom stereocenters. The Kier molecular flexibility index (Phi) is 4.14. The van der Waals surface area contributed by atoms with Gasteiger partial charge < -0.3 is 8.98 Å². The van der Waals surface area contributed by atoms with Crippen LogP contribution in [0.3, 0.4) is 0 Å². The normalized spacial score (nSPS) is 12.2. The number of fused-ring (bicyclic) bond motifs is 4. The number of benzene rings is 3. The van der Waals surface area contributed by atoms with E-state index >= 15 is 0 Å². The van der Waals surface area contributed by atoms with Crippen LogP contribution in [0.4, 0.5) is 0 Å². The summed E-state index contributed by atoms with van der Waals surface area (Å²) in [5, 5.41) is 2.95. The first-order valence-corrected chi connectivity index (χ1v) is 10.1. The molecule has 0 fully saturated rings. The third kappa shape index (κ3) is 2.89. The fraction of sp³-hybridized carbons (Fsp3) is 0.0870. The highest BCUT2D eigenvalue weighted by Gasteiger charge is 2.15. The Bertz CT molecular complexity index is 1540. The van der Waals surface area contributed by atoms with Crippen LogP contribution >= 0.6 is 11.3 Å². The molecule has 0 aliphatic carbocycles. The van der Waals surface area contributed by atoms with Crippen molar-refractivity contribution in [2.24, 2.45) is 4.99 Å². The number of aromatic nitrogens is 1. The predicted molar refractivity (Wildman–Crippen MR) is 115 cm³/mol. The van der Waals surface area contributed by atoms with E-state index in [1.165, 1.54) is 11.3 Å². The van der Waals surface area contributed by atoms with Crippen LogP contribution in [0, 0.1) is 0 Å². The molecule has 0 saturated carbocycles. The van der Waals surface area contributed by atoms with E-state index in [-0.39, 0.29) is 5.56 Å². The first-order valence-electron chi connectivity index (χ1n) is 9.29. The summed E-state index contributed by atoms with van der Waals surface area (Å²) in [6, 6.07) is 20.9. The number of hydrogen-bond acceptors (Lipinski definition) is 4. The van der Waals surface area contributed by atoms with Gasteiger partial charge in [0, 0.05) is 17.3 Å². The van der Waals surface area contributed by atoms with Crippen LogP contribution < -0.4 is 10.4 Å². The lowest BCUT2D eigenvalue weighted by atomic mass is 10.1. The zero-order valence-electron chi connectivity index (χ0n) is 15.6. The number of rotatable bonds is 2. The fourth-order valence-corrected chi connectivity index (χ4v) is 4.78. The number of thiazole rings is 1. The molecule has 5 aromatic rings. The molecular formula is C23H16N2O3S. The van der Waals surface area contributed by atoms with Crippen molar-refractivity contribution >= 4 is 49.2 Å². The van der Waals surface area contributed by atoms with Gasteiger partial charge in [0.25, 0.3) is 5.91 Å². The summed E-state index contributed by atoms with van der Waals surface area (Å²) in [6.45, 7) is 2.67. The van der Waals surface area contributed by atoms with Crippen LogP contribution in [-0.2, 0) is 6.54 Å². The molecule has 3 aromatic carbocycles. The Labute approximate surface area is 169 Å². The van der Waals surface area contributed by atoms with Crippen LogP contribution in [0.25, 0.3) is 32.0 Å². The summed E-state index contributed by atoms with van der Waals surface area (Å²) in [6.07, 6.45) is 0. The Morgan fingerprint density at radius 3 is 2.62 bits per heavy atom. The third-order valence-corrected chi connectivity index (χ3v) is 6.09. The molecule has 0 saturated heterocycles. The van der Waals surface area contributed by atoms with Crippen molar-refractivity contribution < 1.29 is 9.21 Å². The first-order chi connectivity index (χ1) is 14.2. The summed E-state index contributed by atoms with van der Waals surface area (Å²) in [7, 11) is 0. The van der Waals surface area contributed by atoms with Crippen molar-refractivity contribution in [3.05, 3.63) is 87.5 Å². The molecule has 2 aromatic heterocycles. The van der Waals surface area contributed by atoms with E-state index in [0.29, 0.717) is 22.3 Å². The van der Waals surface area contributed by atoms with Gasteiger partial charge in [-0.3, -0.25) is 4.79 Å². The predicted octanol–water partition coefficient (Wildman–Crippen LogP) is 4.72. The Balaban J connectivity index is 1.73. The zero-order chi connectivity index (χ0) is 20.0. The van der Waals surface area contributed by atoms with Crippen LogP contribution in [-0.4, -0.2) is 10.5 Å². The zero-order valence-corrected chi connectivity index (χ0v) is 16.4. The minimum absolute atomic E-state index is 0.0614. The average Bonchev–Trinajstić information content (AvgIpc) is 3.10. The molecule has 29 heavy (non-hydrogen) atoms. The molecule has 5 nitrogen and oxygen atoms in total.